The number of halogens is 11. The summed E-state index contributed by atoms with van der Waals surface area (Å²) in [7, 11) is 0. The molecule has 2 saturated heterocycles. The van der Waals surface area contributed by atoms with E-state index in [-0.39, 0.29) is 54.5 Å². The van der Waals surface area contributed by atoms with Gasteiger partial charge in [-0.05, 0) is 92.8 Å². The number of fused-ring (bicyclic) bond motifs is 6. The highest BCUT2D eigenvalue weighted by molar-refractivity contribution is 5.16. The summed E-state index contributed by atoms with van der Waals surface area (Å²) < 4.78 is 149. The predicted molar refractivity (Wildman–Crippen MR) is 144 cm³/mol. The molecule has 1 nitrogen and oxygen atoms in total. The van der Waals surface area contributed by atoms with E-state index in [1.165, 1.54) is 13.8 Å². The molecule has 0 spiro atoms. The van der Waals surface area contributed by atoms with E-state index in [1.807, 2.05) is 20.8 Å². The summed E-state index contributed by atoms with van der Waals surface area (Å²) >= 11 is 0. The second-order valence-corrected chi connectivity index (χ2v) is 15.9. The highest BCUT2D eigenvalue weighted by Gasteiger charge is 2.80. The normalized spacial score (nSPS) is 52.1. The summed E-state index contributed by atoms with van der Waals surface area (Å²) in [6, 6.07) is 0. The Hall–Kier alpha value is -0.810. The van der Waals surface area contributed by atoms with E-state index in [9.17, 15) is 48.3 Å². The lowest BCUT2D eigenvalue weighted by molar-refractivity contribution is -0.319. The lowest BCUT2D eigenvalue weighted by atomic mass is 9.64. The van der Waals surface area contributed by atoms with Gasteiger partial charge in [0.15, 0.2) is 0 Å². The summed E-state index contributed by atoms with van der Waals surface area (Å²) in [5.74, 6) is -5.12. The summed E-state index contributed by atoms with van der Waals surface area (Å²) in [6.07, 6.45) is -12.5. The molecule has 2 heterocycles. The van der Waals surface area contributed by atoms with Gasteiger partial charge in [-0.3, -0.25) is 0 Å². The monoisotopic (exact) mass is 656 g/mol. The van der Waals surface area contributed by atoms with Gasteiger partial charge in [-0.15, -0.1) is 0 Å². The fraction of sp³-hybridized carbons (Fsp3) is 1.00. The average molecular weight is 657 g/mol. The molecule has 0 aromatic heterocycles. The second-order valence-electron chi connectivity index (χ2n) is 15.9. The Morgan fingerprint density at radius 2 is 1.00 bits per heavy atom. The number of ether oxygens (including phenoxy) is 1. The van der Waals surface area contributed by atoms with Crippen LogP contribution >= 0.6 is 0 Å². The summed E-state index contributed by atoms with van der Waals surface area (Å²) in [6.45, 7) is 14.6. The van der Waals surface area contributed by atoms with E-state index in [0.717, 1.165) is 6.42 Å². The highest BCUT2D eigenvalue weighted by Crippen LogP contribution is 2.72. The van der Waals surface area contributed by atoms with Crippen LogP contribution in [0.4, 0.5) is 48.3 Å². The molecular formula is C32H47F11O. The Bertz CT molecular complexity index is 1010. The third-order valence-corrected chi connectivity index (χ3v) is 14.1. The van der Waals surface area contributed by atoms with Crippen molar-refractivity contribution in [2.75, 3.05) is 0 Å². The van der Waals surface area contributed by atoms with Crippen LogP contribution in [-0.4, -0.2) is 36.7 Å². The molecule has 6 rings (SSSR count). The van der Waals surface area contributed by atoms with Crippen LogP contribution in [0.3, 0.4) is 0 Å². The molecule has 258 valence electrons. The van der Waals surface area contributed by atoms with Crippen molar-refractivity contribution >= 4 is 0 Å². The first-order chi connectivity index (χ1) is 19.6. The third-order valence-electron chi connectivity index (χ3n) is 14.1. The zero-order valence-corrected chi connectivity index (χ0v) is 26.8. The Morgan fingerprint density at radius 1 is 0.523 bits per heavy atom. The van der Waals surface area contributed by atoms with Crippen LogP contribution in [-0.2, 0) is 4.74 Å². The van der Waals surface area contributed by atoms with Gasteiger partial charge in [-0.2, -0.15) is 39.5 Å². The molecule has 15 unspecified atom stereocenters. The predicted octanol–water partition coefficient (Wildman–Crippen LogP) is 11.0. The molecule has 12 heteroatoms. The van der Waals surface area contributed by atoms with Gasteiger partial charge in [0, 0.05) is 5.92 Å². The maximum Gasteiger partial charge on any atom is 0.400 e. The van der Waals surface area contributed by atoms with Crippen molar-refractivity contribution in [3.8, 4) is 0 Å². The molecule has 0 N–H and O–H groups in total. The SMILES string of the molecule is CC1C(C)C2CC1C(F)(F)C2(C)C(F)(F)F.CC1C2CC(C)(C(F)(F)F)C(O2)C1C.CC1C2CC(C1C)C(C)(C(F)(F)F)C2. The minimum absolute atomic E-state index is 0.00530. The van der Waals surface area contributed by atoms with Gasteiger partial charge in [0.1, 0.15) is 5.41 Å². The lowest BCUT2D eigenvalue weighted by Gasteiger charge is -2.46. The minimum atomic E-state index is -4.83. The largest absolute Gasteiger partial charge is 0.400 e. The molecule has 6 aliphatic rings. The summed E-state index contributed by atoms with van der Waals surface area (Å²) in [5, 5.41) is 0. The molecule has 15 atom stereocenters. The van der Waals surface area contributed by atoms with Crippen molar-refractivity contribution < 1.29 is 53.0 Å². The van der Waals surface area contributed by atoms with Crippen molar-refractivity contribution in [1.29, 1.82) is 0 Å². The topological polar surface area (TPSA) is 9.23 Å². The van der Waals surface area contributed by atoms with Crippen LogP contribution in [0.2, 0.25) is 0 Å². The first kappa shape index (κ1) is 36.0. The van der Waals surface area contributed by atoms with Crippen molar-refractivity contribution in [2.45, 2.75) is 125 Å². The minimum Gasteiger partial charge on any atom is -0.373 e. The summed E-state index contributed by atoms with van der Waals surface area (Å²) in [4.78, 5) is 0. The molecule has 0 aromatic carbocycles. The van der Waals surface area contributed by atoms with Crippen LogP contribution in [0, 0.1) is 75.4 Å². The van der Waals surface area contributed by atoms with Gasteiger partial charge in [0.2, 0.25) is 0 Å². The van der Waals surface area contributed by atoms with Gasteiger partial charge in [-0.1, -0.05) is 48.5 Å². The zero-order valence-electron chi connectivity index (χ0n) is 26.8. The van der Waals surface area contributed by atoms with Gasteiger partial charge < -0.3 is 4.74 Å². The molecule has 6 bridgehead atoms. The summed E-state index contributed by atoms with van der Waals surface area (Å²) in [5.41, 5.74) is -5.86. The molecule has 0 amide bonds. The molecule has 0 aromatic rings. The van der Waals surface area contributed by atoms with Crippen molar-refractivity contribution in [3.05, 3.63) is 0 Å². The van der Waals surface area contributed by atoms with Gasteiger partial charge in [0.25, 0.3) is 5.92 Å². The first-order valence-electron chi connectivity index (χ1n) is 15.8. The van der Waals surface area contributed by atoms with E-state index in [0.29, 0.717) is 25.2 Å². The number of alkyl halides is 11. The Labute approximate surface area is 253 Å². The zero-order chi connectivity index (χ0) is 34.0. The van der Waals surface area contributed by atoms with Crippen LogP contribution in [0.15, 0.2) is 0 Å². The molecule has 6 fully saturated rings. The van der Waals surface area contributed by atoms with Gasteiger partial charge in [-0.25, -0.2) is 8.78 Å². The number of hydrogen-bond acceptors (Lipinski definition) is 1. The van der Waals surface area contributed by atoms with Gasteiger partial charge >= 0.3 is 18.5 Å². The van der Waals surface area contributed by atoms with E-state index in [2.05, 4.69) is 6.92 Å². The van der Waals surface area contributed by atoms with Crippen molar-refractivity contribution in [2.24, 2.45) is 75.4 Å². The smallest absolute Gasteiger partial charge is 0.373 e. The fourth-order valence-corrected chi connectivity index (χ4v) is 10.2. The van der Waals surface area contributed by atoms with Crippen LogP contribution in [0.25, 0.3) is 0 Å². The van der Waals surface area contributed by atoms with Crippen molar-refractivity contribution in [1.82, 2.24) is 0 Å². The van der Waals surface area contributed by atoms with Crippen LogP contribution in [0.1, 0.15) is 88.0 Å². The first-order valence-corrected chi connectivity index (χ1v) is 15.8. The molecule has 4 aliphatic carbocycles. The highest BCUT2D eigenvalue weighted by atomic mass is 19.4. The maximum atomic E-state index is 13.9. The molecule has 0 radical (unpaired) electrons. The molecular weight excluding hydrogens is 609 g/mol. The standard InChI is InChI=1S/C11H15F5.C11H17F3.C10H15F3O/c1-5-6(2)8-4-7(5)9(3,10(8,12)13)11(14,15)16;1-6-7(2)9-4-8(6)5-10(9,3)11(12,13)14;1-5-6(2)8-9(3,10(11,12)13)4-7(5)14-8/h5-8H,4H2,1-3H3;6-9H,4-5H2,1-3H3;5-8H,4H2,1-3H3. The number of hydrogen-bond donors (Lipinski definition) is 0. The van der Waals surface area contributed by atoms with Crippen LogP contribution < -0.4 is 0 Å². The van der Waals surface area contributed by atoms with E-state index < -0.39 is 58.6 Å². The Kier molecular flexibility index (Phi) is 8.68. The van der Waals surface area contributed by atoms with E-state index >= 15 is 0 Å². The molecule has 4 saturated carbocycles. The Balaban J connectivity index is 0.000000151. The quantitative estimate of drug-likeness (QED) is 0.236. The van der Waals surface area contributed by atoms with E-state index in [4.69, 9.17) is 4.74 Å². The molecule has 2 aliphatic heterocycles. The third kappa shape index (κ3) is 4.84. The Morgan fingerprint density at radius 3 is 1.36 bits per heavy atom. The molecule has 44 heavy (non-hydrogen) atoms. The second kappa shape index (κ2) is 10.6. The lowest BCUT2D eigenvalue weighted by Crippen LogP contribution is -2.57. The van der Waals surface area contributed by atoms with Gasteiger partial charge in [0.05, 0.1) is 23.0 Å². The maximum absolute atomic E-state index is 13.9. The van der Waals surface area contributed by atoms with Crippen LogP contribution in [0.5, 0.6) is 0 Å². The fourth-order valence-electron chi connectivity index (χ4n) is 10.2. The van der Waals surface area contributed by atoms with E-state index in [1.54, 1.807) is 13.8 Å². The average Bonchev–Trinajstić information content (AvgIpc) is 3.66. The number of rotatable bonds is 0. The van der Waals surface area contributed by atoms with Crippen molar-refractivity contribution in [3.63, 3.8) is 0 Å².